The number of thioether (sulfide) groups is 1. The highest BCUT2D eigenvalue weighted by Crippen LogP contribution is 2.33. The van der Waals surface area contributed by atoms with Crippen LogP contribution in [0.5, 0.6) is 0 Å². The second-order valence-electron chi connectivity index (χ2n) is 6.05. The lowest BCUT2D eigenvalue weighted by molar-refractivity contribution is 0.700. The van der Waals surface area contributed by atoms with Crippen molar-refractivity contribution in [2.45, 2.75) is 5.16 Å². The minimum Gasteiger partial charge on any atom is -0.267 e. The van der Waals surface area contributed by atoms with Crippen LogP contribution in [-0.4, -0.2) is 21.1 Å². The summed E-state index contributed by atoms with van der Waals surface area (Å²) in [6.07, 6.45) is 0. The second kappa shape index (κ2) is 6.64. The number of fused-ring (bicyclic) bond motifs is 2. The molecular weight excluding hydrogens is 398 g/mol. The average molecular weight is 410 g/mol. The summed E-state index contributed by atoms with van der Waals surface area (Å²) in [5, 5.41) is 6.48. The number of thiophene rings is 1. The fourth-order valence-corrected chi connectivity index (χ4v) is 5.05. The van der Waals surface area contributed by atoms with Crippen molar-refractivity contribution in [3.8, 4) is 10.4 Å². The Labute approximate surface area is 168 Å². The van der Waals surface area contributed by atoms with E-state index in [4.69, 9.17) is 11.6 Å². The first kappa shape index (κ1) is 16.7. The van der Waals surface area contributed by atoms with Crippen molar-refractivity contribution in [2.75, 3.05) is 5.75 Å². The van der Waals surface area contributed by atoms with E-state index in [1.165, 1.54) is 27.8 Å². The Kier molecular flexibility index (Phi) is 4.11. The zero-order chi connectivity index (χ0) is 18.4. The second-order valence-corrected chi connectivity index (χ2v) is 8.46. The zero-order valence-electron chi connectivity index (χ0n) is 13.9. The van der Waals surface area contributed by atoms with E-state index in [0.717, 1.165) is 26.5 Å². The Morgan fingerprint density at radius 1 is 1.00 bits per heavy atom. The first-order valence-corrected chi connectivity index (χ1v) is 10.5. The van der Waals surface area contributed by atoms with Crippen LogP contribution >= 0.6 is 34.7 Å². The molecule has 3 heterocycles. The van der Waals surface area contributed by atoms with Gasteiger partial charge < -0.3 is 0 Å². The number of rotatable bonds is 2. The standard InChI is InChI=1S/C20H12ClN3OS2/c21-14-8-6-12(7-9-14)16-11-26-20-22-18-15(19(25)24(20)23-16)10-17(27-18)13-4-2-1-3-5-13/h1-10H,11H2. The zero-order valence-corrected chi connectivity index (χ0v) is 16.3. The number of hydrogen-bond donors (Lipinski definition) is 0. The molecule has 4 nitrogen and oxygen atoms in total. The molecule has 2 aromatic carbocycles. The number of nitrogens with zero attached hydrogens (tertiary/aromatic N) is 3. The lowest BCUT2D eigenvalue weighted by Gasteiger charge is -2.15. The van der Waals surface area contributed by atoms with Gasteiger partial charge in [0.25, 0.3) is 5.56 Å². The van der Waals surface area contributed by atoms with Crippen molar-refractivity contribution < 1.29 is 0 Å². The molecule has 0 saturated carbocycles. The Morgan fingerprint density at radius 2 is 1.78 bits per heavy atom. The molecule has 0 N–H and O–H groups in total. The first-order valence-electron chi connectivity index (χ1n) is 8.28. The first-order chi connectivity index (χ1) is 13.2. The molecule has 27 heavy (non-hydrogen) atoms. The Hall–Kier alpha value is -2.41. The van der Waals surface area contributed by atoms with E-state index < -0.39 is 0 Å². The van der Waals surface area contributed by atoms with Crippen LogP contribution in [0.4, 0.5) is 0 Å². The molecule has 2 aromatic heterocycles. The van der Waals surface area contributed by atoms with Crippen molar-refractivity contribution in [2.24, 2.45) is 5.10 Å². The van der Waals surface area contributed by atoms with Gasteiger partial charge in [-0.3, -0.25) is 4.79 Å². The van der Waals surface area contributed by atoms with Crippen LogP contribution in [0.3, 0.4) is 0 Å². The molecule has 1 aliphatic heterocycles. The van der Waals surface area contributed by atoms with Gasteiger partial charge in [0.15, 0.2) is 5.16 Å². The summed E-state index contributed by atoms with van der Waals surface area (Å²) in [4.78, 5) is 19.5. The van der Waals surface area contributed by atoms with Gasteiger partial charge in [-0.05, 0) is 29.3 Å². The Morgan fingerprint density at radius 3 is 2.56 bits per heavy atom. The van der Waals surface area contributed by atoms with Crippen molar-refractivity contribution in [1.82, 2.24) is 9.66 Å². The van der Waals surface area contributed by atoms with E-state index >= 15 is 0 Å². The Bertz CT molecular complexity index is 1240. The molecule has 0 radical (unpaired) electrons. The molecule has 0 atom stereocenters. The van der Waals surface area contributed by atoms with E-state index in [1.807, 2.05) is 60.7 Å². The maximum absolute atomic E-state index is 13.0. The Balaban J connectivity index is 1.65. The molecule has 4 aromatic rings. The lowest BCUT2D eigenvalue weighted by Crippen LogP contribution is -2.25. The summed E-state index contributed by atoms with van der Waals surface area (Å²) >= 11 is 9.03. The summed E-state index contributed by atoms with van der Waals surface area (Å²) in [6.45, 7) is 0. The van der Waals surface area contributed by atoms with Gasteiger partial charge in [-0.1, -0.05) is 65.8 Å². The third kappa shape index (κ3) is 3.00. The van der Waals surface area contributed by atoms with Gasteiger partial charge in [-0.15, -0.1) is 11.3 Å². The fourth-order valence-electron chi connectivity index (χ4n) is 2.94. The summed E-state index contributed by atoms with van der Waals surface area (Å²) < 4.78 is 1.42. The molecule has 0 aliphatic carbocycles. The monoisotopic (exact) mass is 409 g/mol. The number of aromatic nitrogens is 2. The van der Waals surface area contributed by atoms with Gasteiger partial charge >= 0.3 is 0 Å². The molecule has 5 rings (SSSR count). The van der Waals surface area contributed by atoms with Crippen molar-refractivity contribution >= 4 is 50.6 Å². The van der Waals surface area contributed by atoms with Crippen LogP contribution in [0.15, 0.2) is 75.7 Å². The predicted molar refractivity (Wildman–Crippen MR) is 113 cm³/mol. The van der Waals surface area contributed by atoms with Crippen LogP contribution in [-0.2, 0) is 0 Å². The smallest absolute Gasteiger partial charge is 0.267 e. The van der Waals surface area contributed by atoms with Crippen LogP contribution in [0.25, 0.3) is 20.7 Å². The molecule has 0 fully saturated rings. The predicted octanol–water partition coefficient (Wildman–Crippen LogP) is 5.14. The quantitative estimate of drug-likeness (QED) is 0.431. The number of halogens is 1. The molecule has 0 bridgehead atoms. The van der Waals surface area contributed by atoms with E-state index in [0.29, 0.717) is 21.3 Å². The summed E-state index contributed by atoms with van der Waals surface area (Å²) in [6, 6.07) is 19.4. The highest BCUT2D eigenvalue weighted by atomic mass is 35.5. The molecule has 132 valence electrons. The van der Waals surface area contributed by atoms with Gasteiger partial charge in [-0.25, -0.2) is 4.98 Å². The normalized spacial score (nSPS) is 13.4. The summed E-state index contributed by atoms with van der Waals surface area (Å²) in [5.74, 6) is 0.663. The van der Waals surface area contributed by atoms with Gasteiger partial charge in [-0.2, -0.15) is 9.78 Å². The molecule has 0 amide bonds. The van der Waals surface area contributed by atoms with E-state index in [9.17, 15) is 4.79 Å². The third-order valence-electron chi connectivity index (χ3n) is 4.31. The maximum Gasteiger partial charge on any atom is 0.283 e. The lowest BCUT2D eigenvalue weighted by atomic mass is 10.1. The maximum atomic E-state index is 13.0. The van der Waals surface area contributed by atoms with Crippen LogP contribution in [0.2, 0.25) is 5.02 Å². The van der Waals surface area contributed by atoms with Crippen LogP contribution in [0.1, 0.15) is 5.56 Å². The highest BCUT2D eigenvalue weighted by Gasteiger charge is 2.20. The average Bonchev–Trinajstić information content (AvgIpc) is 3.14. The molecule has 0 unspecified atom stereocenters. The molecule has 1 aliphatic rings. The van der Waals surface area contributed by atoms with Crippen molar-refractivity contribution in [3.05, 3.63) is 81.6 Å². The van der Waals surface area contributed by atoms with Gasteiger partial charge in [0.1, 0.15) is 4.83 Å². The van der Waals surface area contributed by atoms with Gasteiger partial charge in [0, 0.05) is 15.7 Å². The largest absolute Gasteiger partial charge is 0.283 e. The fraction of sp³-hybridized carbons (Fsp3) is 0.0500. The SMILES string of the molecule is O=c1c2cc(-c3ccccc3)sc2nc2n1N=C(c1ccc(Cl)cc1)CS2. The van der Waals surface area contributed by atoms with Gasteiger partial charge in [0.2, 0.25) is 0 Å². The topological polar surface area (TPSA) is 47.2 Å². The van der Waals surface area contributed by atoms with Crippen LogP contribution < -0.4 is 5.56 Å². The van der Waals surface area contributed by atoms with E-state index in [-0.39, 0.29) is 5.56 Å². The van der Waals surface area contributed by atoms with Crippen molar-refractivity contribution in [3.63, 3.8) is 0 Å². The molecule has 0 spiro atoms. The van der Waals surface area contributed by atoms with Crippen LogP contribution in [0, 0.1) is 0 Å². The van der Waals surface area contributed by atoms with E-state index in [1.54, 1.807) is 0 Å². The minimum atomic E-state index is -0.132. The minimum absolute atomic E-state index is 0.132. The summed E-state index contributed by atoms with van der Waals surface area (Å²) in [7, 11) is 0. The summed E-state index contributed by atoms with van der Waals surface area (Å²) in [5.41, 5.74) is 2.75. The highest BCUT2D eigenvalue weighted by molar-refractivity contribution is 7.99. The third-order valence-corrected chi connectivity index (χ3v) is 6.58. The van der Waals surface area contributed by atoms with Gasteiger partial charge in [0.05, 0.1) is 11.1 Å². The molecular formula is C20H12ClN3OS2. The van der Waals surface area contributed by atoms with Crippen molar-refractivity contribution in [1.29, 1.82) is 0 Å². The number of hydrogen-bond acceptors (Lipinski definition) is 5. The van der Waals surface area contributed by atoms with E-state index in [2.05, 4.69) is 10.1 Å². The molecule has 0 saturated heterocycles. The molecule has 7 heteroatoms. The number of benzene rings is 2.